The zero-order valence-electron chi connectivity index (χ0n) is 14.8. The van der Waals surface area contributed by atoms with Crippen LogP contribution in [-0.4, -0.2) is 82.7 Å². The van der Waals surface area contributed by atoms with Crippen molar-refractivity contribution in [1.29, 1.82) is 0 Å². The minimum absolute atomic E-state index is 0.00453. The summed E-state index contributed by atoms with van der Waals surface area (Å²) in [4.78, 5) is 13.9. The lowest BCUT2D eigenvalue weighted by molar-refractivity contribution is -0.0702. The van der Waals surface area contributed by atoms with Crippen molar-refractivity contribution in [2.24, 2.45) is 0 Å². The highest BCUT2D eigenvalue weighted by atomic mass is 79.9. The third-order valence-electron chi connectivity index (χ3n) is 4.11. The molecule has 1 saturated heterocycles. The summed E-state index contributed by atoms with van der Waals surface area (Å²) in [6, 6.07) is 0. The van der Waals surface area contributed by atoms with Crippen molar-refractivity contribution < 1.29 is 40.7 Å². The molecule has 0 bridgehead atoms. The minimum Gasteiger partial charge on any atom is -0.394 e. The first kappa shape index (κ1) is 22.1. The molecule has 4 atom stereocenters. The molecule has 0 saturated carbocycles. The van der Waals surface area contributed by atoms with Gasteiger partial charge in [0.2, 0.25) is 0 Å². The SMILES string of the molecule is CN(C)c1ncnc2c1nc(Br)n2[C@@H]1O[C@H](CO)[C@@H](O)[C@H]1OS(=O)(=O)C(F)(F)F. The van der Waals surface area contributed by atoms with Crippen molar-refractivity contribution in [3.05, 3.63) is 11.1 Å². The van der Waals surface area contributed by atoms with Crippen molar-refractivity contribution in [1.82, 2.24) is 19.5 Å². The molecule has 2 N–H and O–H groups in total. The number of hydrogen-bond donors (Lipinski definition) is 2. The van der Waals surface area contributed by atoms with Crippen molar-refractivity contribution in [3.63, 3.8) is 0 Å². The van der Waals surface area contributed by atoms with Crippen molar-refractivity contribution in [2.75, 3.05) is 25.6 Å². The third-order valence-corrected chi connectivity index (χ3v) is 5.71. The van der Waals surface area contributed by atoms with Crippen LogP contribution in [0.5, 0.6) is 0 Å². The van der Waals surface area contributed by atoms with Crippen molar-refractivity contribution in [3.8, 4) is 0 Å². The topological polar surface area (TPSA) is 140 Å². The Morgan fingerprint density at radius 3 is 2.59 bits per heavy atom. The molecule has 1 aliphatic rings. The molecule has 1 aliphatic heterocycles. The smallest absolute Gasteiger partial charge is 0.394 e. The maximum Gasteiger partial charge on any atom is 0.523 e. The number of aromatic nitrogens is 4. The van der Waals surface area contributed by atoms with Gasteiger partial charge in [0.15, 0.2) is 34.0 Å². The first-order valence-electron chi connectivity index (χ1n) is 7.88. The van der Waals surface area contributed by atoms with E-state index in [1.807, 2.05) is 0 Å². The van der Waals surface area contributed by atoms with E-state index in [1.54, 1.807) is 19.0 Å². The maximum absolute atomic E-state index is 12.8. The van der Waals surface area contributed by atoms with Crippen LogP contribution in [0.1, 0.15) is 6.23 Å². The Balaban J connectivity index is 2.13. The van der Waals surface area contributed by atoms with E-state index in [9.17, 15) is 31.8 Å². The molecule has 1 fully saturated rings. The second-order valence-electron chi connectivity index (χ2n) is 6.21. The van der Waals surface area contributed by atoms with Crippen LogP contribution in [0.15, 0.2) is 11.1 Å². The Morgan fingerprint density at radius 2 is 2.03 bits per heavy atom. The minimum atomic E-state index is -6.07. The molecule has 0 spiro atoms. The van der Waals surface area contributed by atoms with Gasteiger partial charge in [0, 0.05) is 14.1 Å². The number of halogens is 4. The van der Waals surface area contributed by atoms with Gasteiger partial charge in [0.05, 0.1) is 6.61 Å². The summed E-state index contributed by atoms with van der Waals surface area (Å²) in [5.41, 5.74) is -5.42. The summed E-state index contributed by atoms with van der Waals surface area (Å²) >= 11 is 3.13. The number of anilines is 1. The second kappa shape index (κ2) is 7.59. The van der Waals surface area contributed by atoms with Crippen molar-refractivity contribution in [2.45, 2.75) is 30.0 Å². The lowest BCUT2D eigenvalue weighted by Crippen LogP contribution is -2.40. The summed E-state index contributed by atoms with van der Waals surface area (Å²) in [6.07, 6.45) is -5.78. The molecule has 0 aromatic carbocycles. The molecular weight excluding hydrogens is 491 g/mol. The van der Waals surface area contributed by atoms with Crippen LogP contribution >= 0.6 is 15.9 Å². The molecule has 16 heteroatoms. The van der Waals surface area contributed by atoms with E-state index in [1.165, 1.54) is 6.33 Å². The van der Waals surface area contributed by atoms with E-state index >= 15 is 0 Å². The number of aliphatic hydroxyl groups excluding tert-OH is 2. The van der Waals surface area contributed by atoms with Gasteiger partial charge in [0.25, 0.3) is 0 Å². The van der Waals surface area contributed by atoms with Gasteiger partial charge in [-0.3, -0.25) is 8.75 Å². The van der Waals surface area contributed by atoms with Gasteiger partial charge in [-0.1, -0.05) is 0 Å². The van der Waals surface area contributed by atoms with Crippen LogP contribution in [0.2, 0.25) is 0 Å². The molecule has 0 radical (unpaired) electrons. The van der Waals surface area contributed by atoms with Gasteiger partial charge in [-0.05, 0) is 15.9 Å². The first-order chi connectivity index (χ1) is 13.4. The Labute approximate surface area is 170 Å². The number of ether oxygens (including phenoxy) is 1. The number of imidazole rings is 1. The number of alkyl halides is 3. The van der Waals surface area contributed by atoms with Crippen LogP contribution in [0.3, 0.4) is 0 Å². The Bertz CT molecular complexity index is 1020. The quantitative estimate of drug-likeness (QED) is 0.327. The average molecular weight is 506 g/mol. The molecule has 2 aromatic rings. The average Bonchev–Trinajstić information content (AvgIpc) is 3.09. The Hall–Kier alpha value is -1.59. The molecule has 29 heavy (non-hydrogen) atoms. The summed E-state index contributed by atoms with van der Waals surface area (Å²) in [5, 5.41) is 19.6. The van der Waals surface area contributed by atoms with Crippen LogP contribution in [0.4, 0.5) is 19.0 Å². The largest absolute Gasteiger partial charge is 0.523 e. The van der Waals surface area contributed by atoms with Crippen LogP contribution in [0.25, 0.3) is 11.2 Å². The van der Waals surface area contributed by atoms with Gasteiger partial charge in [-0.15, -0.1) is 0 Å². The van der Waals surface area contributed by atoms with Gasteiger partial charge >= 0.3 is 15.6 Å². The molecular formula is C13H15BrF3N5O6S. The van der Waals surface area contributed by atoms with Crippen LogP contribution in [0, 0.1) is 0 Å². The number of hydrogen-bond acceptors (Lipinski definition) is 10. The monoisotopic (exact) mass is 505 g/mol. The van der Waals surface area contributed by atoms with E-state index in [0.29, 0.717) is 5.82 Å². The fourth-order valence-corrected chi connectivity index (χ4v) is 3.96. The van der Waals surface area contributed by atoms with Gasteiger partial charge in [-0.2, -0.15) is 21.6 Å². The highest BCUT2D eigenvalue weighted by Crippen LogP contribution is 2.39. The van der Waals surface area contributed by atoms with E-state index in [0.717, 1.165) is 4.57 Å². The van der Waals surface area contributed by atoms with Gasteiger partial charge < -0.3 is 19.8 Å². The van der Waals surface area contributed by atoms with E-state index in [4.69, 9.17) is 4.74 Å². The number of nitrogens with zero attached hydrogens (tertiary/aromatic N) is 5. The van der Waals surface area contributed by atoms with Crippen LogP contribution in [-0.2, 0) is 19.0 Å². The zero-order valence-corrected chi connectivity index (χ0v) is 17.2. The summed E-state index contributed by atoms with van der Waals surface area (Å²) < 4.78 is 72.2. The van der Waals surface area contributed by atoms with E-state index in [2.05, 4.69) is 35.1 Å². The summed E-state index contributed by atoms with van der Waals surface area (Å²) in [5.74, 6) is 0.368. The normalized spacial score (nSPS) is 25.7. The maximum atomic E-state index is 12.8. The van der Waals surface area contributed by atoms with E-state index in [-0.39, 0.29) is 15.9 Å². The Kier molecular flexibility index (Phi) is 5.78. The summed E-state index contributed by atoms with van der Waals surface area (Å²) in [7, 11) is -2.72. The number of aliphatic hydroxyl groups is 2. The second-order valence-corrected chi connectivity index (χ2v) is 8.49. The lowest BCUT2D eigenvalue weighted by atomic mass is 10.1. The standard InChI is InChI=1S/C13H15BrF3N5O6S/c1-21(2)9-6-10(19-4-18-9)22(12(14)20-6)11-8(7(24)5(3-23)27-11)28-29(25,26)13(15,16)17/h4-5,7-8,11,23-24H,3H2,1-2H3/t5-,7-,8-,11-/m1/s1. The molecule has 2 aromatic heterocycles. The fourth-order valence-electron chi connectivity index (χ4n) is 2.80. The summed E-state index contributed by atoms with van der Waals surface area (Å²) in [6.45, 7) is -0.800. The molecule has 3 rings (SSSR count). The highest BCUT2D eigenvalue weighted by Gasteiger charge is 2.55. The number of rotatable bonds is 5. The Morgan fingerprint density at radius 1 is 1.38 bits per heavy atom. The van der Waals surface area contributed by atoms with Gasteiger partial charge in [0.1, 0.15) is 18.5 Å². The van der Waals surface area contributed by atoms with Crippen molar-refractivity contribution >= 4 is 43.0 Å². The molecule has 0 amide bonds. The molecule has 11 nitrogen and oxygen atoms in total. The predicted octanol–water partition coefficient (Wildman–Crippen LogP) is 0.140. The van der Waals surface area contributed by atoms with Crippen LogP contribution < -0.4 is 4.90 Å². The molecule has 3 heterocycles. The number of fused-ring (bicyclic) bond motifs is 1. The highest BCUT2D eigenvalue weighted by molar-refractivity contribution is 9.10. The van der Waals surface area contributed by atoms with Gasteiger partial charge in [-0.25, -0.2) is 15.0 Å². The van der Waals surface area contributed by atoms with E-state index < -0.39 is 46.8 Å². The fraction of sp³-hybridized carbons (Fsp3) is 0.615. The first-order valence-corrected chi connectivity index (χ1v) is 10.1. The molecule has 0 aliphatic carbocycles. The molecule has 0 unspecified atom stereocenters. The zero-order chi connectivity index (χ0) is 21.7. The third kappa shape index (κ3) is 3.79. The lowest BCUT2D eigenvalue weighted by Gasteiger charge is -2.22. The molecule has 162 valence electrons. The predicted molar refractivity (Wildman–Crippen MR) is 94.2 cm³/mol.